The van der Waals surface area contributed by atoms with Crippen molar-refractivity contribution >= 4 is 49.7 Å². The molecule has 0 aliphatic heterocycles. The summed E-state index contributed by atoms with van der Waals surface area (Å²) >= 11 is 1.29. The molecule has 0 radical (unpaired) electrons. The molecule has 0 unspecified atom stereocenters. The minimum absolute atomic E-state index is 0.228. The Morgan fingerprint density at radius 3 is 2.72 bits per heavy atom. The Balaban J connectivity index is 1.78. The van der Waals surface area contributed by atoms with Crippen molar-refractivity contribution in [2.24, 2.45) is 0 Å². The van der Waals surface area contributed by atoms with E-state index in [1.54, 1.807) is 7.11 Å². The molecule has 4 rings (SSSR count). The molecule has 0 atom stereocenters. The van der Waals surface area contributed by atoms with Crippen molar-refractivity contribution in [2.45, 2.75) is 0 Å². The van der Waals surface area contributed by atoms with Crippen molar-refractivity contribution in [3.8, 4) is 5.75 Å². The van der Waals surface area contributed by atoms with Crippen molar-refractivity contribution in [1.29, 1.82) is 0 Å². The van der Waals surface area contributed by atoms with Crippen LogP contribution in [0, 0.1) is 0 Å². The van der Waals surface area contributed by atoms with Gasteiger partial charge < -0.3 is 15.8 Å². The number of anilines is 2. The maximum Gasteiger partial charge on any atom is 0.267 e. The van der Waals surface area contributed by atoms with Gasteiger partial charge in [0.25, 0.3) is 5.91 Å². The van der Waals surface area contributed by atoms with Crippen LogP contribution in [0.5, 0.6) is 5.75 Å². The van der Waals surface area contributed by atoms with Crippen LogP contribution in [-0.2, 0) is 0 Å². The largest absolute Gasteiger partial charge is 0.497 e. The first-order chi connectivity index (χ1) is 12.2. The fourth-order valence-corrected chi connectivity index (χ4v) is 3.66. The monoisotopic (exact) mass is 349 g/mol. The topological polar surface area (TPSA) is 77.2 Å². The number of nitrogen functional groups attached to an aromatic ring is 1. The highest BCUT2D eigenvalue weighted by Gasteiger charge is 2.18. The molecule has 0 saturated heterocycles. The fraction of sp³-hybridized carbons (Fsp3) is 0.0526. The van der Waals surface area contributed by atoms with Gasteiger partial charge in [0.05, 0.1) is 18.3 Å². The summed E-state index contributed by atoms with van der Waals surface area (Å²) in [7, 11) is 1.62. The van der Waals surface area contributed by atoms with Gasteiger partial charge in [0, 0.05) is 22.5 Å². The zero-order chi connectivity index (χ0) is 17.4. The van der Waals surface area contributed by atoms with Crippen molar-refractivity contribution in [2.75, 3.05) is 18.2 Å². The number of fused-ring (bicyclic) bond motifs is 2. The van der Waals surface area contributed by atoms with Crippen molar-refractivity contribution in [1.82, 2.24) is 4.98 Å². The summed E-state index contributed by atoms with van der Waals surface area (Å²) in [6.07, 6.45) is 0. The van der Waals surface area contributed by atoms with Crippen LogP contribution in [-0.4, -0.2) is 18.0 Å². The predicted octanol–water partition coefficient (Wildman–Crippen LogP) is 4.29. The van der Waals surface area contributed by atoms with E-state index in [1.165, 1.54) is 11.3 Å². The first-order valence-corrected chi connectivity index (χ1v) is 8.50. The van der Waals surface area contributed by atoms with E-state index in [-0.39, 0.29) is 5.91 Å². The number of nitrogens with zero attached hydrogens (tertiary/aromatic N) is 1. The van der Waals surface area contributed by atoms with Gasteiger partial charge in [-0.25, -0.2) is 4.98 Å². The SMILES string of the molecule is COc1ccc2cc3c(N)c(C(=O)Nc4ccccc4)sc3nc2c1. The quantitative estimate of drug-likeness (QED) is 0.578. The summed E-state index contributed by atoms with van der Waals surface area (Å²) in [6, 6.07) is 16.9. The number of benzene rings is 2. The number of nitrogens with two attached hydrogens (primary N) is 1. The predicted molar refractivity (Wildman–Crippen MR) is 102 cm³/mol. The second kappa shape index (κ2) is 6.07. The highest BCUT2D eigenvalue weighted by Crippen LogP contribution is 2.35. The lowest BCUT2D eigenvalue weighted by atomic mass is 10.1. The second-order valence-corrected chi connectivity index (χ2v) is 6.56. The summed E-state index contributed by atoms with van der Waals surface area (Å²) in [5.41, 5.74) is 8.22. The highest BCUT2D eigenvalue weighted by molar-refractivity contribution is 7.21. The Kier molecular flexibility index (Phi) is 3.74. The summed E-state index contributed by atoms with van der Waals surface area (Å²) in [6.45, 7) is 0. The van der Waals surface area contributed by atoms with Crippen LogP contribution in [0.1, 0.15) is 9.67 Å². The minimum atomic E-state index is -0.228. The van der Waals surface area contributed by atoms with Gasteiger partial charge in [-0.15, -0.1) is 11.3 Å². The lowest BCUT2D eigenvalue weighted by Crippen LogP contribution is -2.11. The number of ether oxygens (including phenoxy) is 1. The molecule has 2 heterocycles. The van der Waals surface area contributed by atoms with Crippen LogP contribution in [0.3, 0.4) is 0 Å². The molecular weight excluding hydrogens is 334 g/mol. The van der Waals surface area contributed by atoms with Gasteiger partial charge in [-0.1, -0.05) is 18.2 Å². The van der Waals surface area contributed by atoms with Crippen LogP contribution in [0.2, 0.25) is 0 Å². The number of para-hydroxylation sites is 1. The number of carbonyl (C=O) groups excluding carboxylic acids is 1. The van der Waals surface area contributed by atoms with Gasteiger partial charge in [-0.2, -0.15) is 0 Å². The molecule has 2 aromatic carbocycles. The molecule has 25 heavy (non-hydrogen) atoms. The van der Waals surface area contributed by atoms with Crippen molar-refractivity contribution in [3.05, 3.63) is 59.5 Å². The third kappa shape index (κ3) is 2.77. The molecule has 124 valence electrons. The lowest BCUT2D eigenvalue weighted by Gasteiger charge is -2.03. The standard InChI is InChI=1S/C19H15N3O2S/c1-24-13-8-7-11-9-14-16(20)17(25-19(14)22-15(11)10-13)18(23)21-12-5-3-2-4-6-12/h2-10H,20H2,1H3,(H,21,23). The molecule has 0 aliphatic carbocycles. The Labute approximate surface area is 148 Å². The van der Waals surface area contributed by atoms with Gasteiger partial charge in [0.15, 0.2) is 0 Å². The number of amides is 1. The van der Waals surface area contributed by atoms with Gasteiger partial charge in [-0.05, 0) is 30.3 Å². The van der Waals surface area contributed by atoms with E-state index in [4.69, 9.17) is 10.5 Å². The van der Waals surface area contributed by atoms with Crippen molar-refractivity contribution < 1.29 is 9.53 Å². The third-order valence-corrected chi connectivity index (χ3v) is 5.08. The first-order valence-electron chi connectivity index (χ1n) is 7.69. The van der Waals surface area contributed by atoms with E-state index in [2.05, 4.69) is 10.3 Å². The molecule has 2 aromatic heterocycles. The van der Waals surface area contributed by atoms with Crippen molar-refractivity contribution in [3.63, 3.8) is 0 Å². The van der Waals surface area contributed by atoms with Gasteiger partial charge in [0.1, 0.15) is 15.5 Å². The number of hydrogen-bond donors (Lipinski definition) is 2. The molecule has 6 heteroatoms. The maximum atomic E-state index is 12.6. The summed E-state index contributed by atoms with van der Waals surface area (Å²) in [5, 5.41) is 4.61. The van der Waals surface area contributed by atoms with E-state index in [9.17, 15) is 4.79 Å². The zero-order valence-electron chi connectivity index (χ0n) is 13.4. The van der Waals surface area contributed by atoms with Gasteiger partial charge in [0.2, 0.25) is 0 Å². The van der Waals surface area contributed by atoms with E-state index >= 15 is 0 Å². The Bertz CT molecular complexity index is 1090. The normalized spacial score (nSPS) is 10.9. The average molecular weight is 349 g/mol. The van der Waals surface area contributed by atoms with Crippen LogP contribution in [0.15, 0.2) is 54.6 Å². The van der Waals surface area contributed by atoms with E-state index in [1.807, 2.05) is 54.6 Å². The summed E-state index contributed by atoms with van der Waals surface area (Å²) in [5.74, 6) is 0.513. The number of methoxy groups -OCH3 is 1. The maximum absolute atomic E-state index is 12.6. The number of pyridine rings is 1. The molecule has 1 amide bonds. The van der Waals surface area contributed by atoms with Gasteiger partial charge in [-0.3, -0.25) is 4.79 Å². The fourth-order valence-electron chi connectivity index (χ4n) is 2.68. The Morgan fingerprint density at radius 2 is 1.96 bits per heavy atom. The first kappa shape index (κ1) is 15.4. The van der Waals surface area contributed by atoms with E-state index in [0.717, 1.165) is 32.6 Å². The third-order valence-electron chi connectivity index (χ3n) is 3.96. The number of hydrogen-bond acceptors (Lipinski definition) is 5. The second-order valence-electron chi connectivity index (χ2n) is 5.56. The van der Waals surface area contributed by atoms with E-state index < -0.39 is 0 Å². The van der Waals surface area contributed by atoms with E-state index in [0.29, 0.717) is 10.6 Å². The van der Waals surface area contributed by atoms with Crippen LogP contribution >= 0.6 is 11.3 Å². The zero-order valence-corrected chi connectivity index (χ0v) is 14.3. The lowest BCUT2D eigenvalue weighted by molar-refractivity contribution is 0.103. The number of thiophene rings is 1. The molecule has 0 saturated carbocycles. The Morgan fingerprint density at radius 1 is 1.16 bits per heavy atom. The Hall–Kier alpha value is -3.12. The molecule has 0 fully saturated rings. The molecule has 0 aliphatic rings. The van der Waals surface area contributed by atoms with Gasteiger partial charge >= 0.3 is 0 Å². The molecule has 0 spiro atoms. The molecule has 0 bridgehead atoms. The van der Waals surface area contributed by atoms with Crippen LogP contribution in [0.4, 0.5) is 11.4 Å². The number of rotatable bonds is 3. The summed E-state index contributed by atoms with van der Waals surface area (Å²) in [4.78, 5) is 18.4. The average Bonchev–Trinajstić information content (AvgIpc) is 2.96. The smallest absolute Gasteiger partial charge is 0.267 e. The molecule has 3 N–H and O–H groups in total. The molecule has 4 aromatic rings. The number of carbonyl (C=O) groups is 1. The number of aromatic nitrogens is 1. The number of nitrogens with one attached hydrogen (secondary N) is 1. The molecular formula is C19H15N3O2S. The highest BCUT2D eigenvalue weighted by atomic mass is 32.1. The van der Waals surface area contributed by atoms with Crippen LogP contribution in [0.25, 0.3) is 21.1 Å². The summed E-state index contributed by atoms with van der Waals surface area (Å²) < 4.78 is 5.24. The molecule has 5 nitrogen and oxygen atoms in total. The van der Waals surface area contributed by atoms with Crippen LogP contribution < -0.4 is 15.8 Å². The minimum Gasteiger partial charge on any atom is -0.497 e.